The number of carbonyl (C=O) groups is 1. The molecular formula is C13H18N2O2. The van der Waals surface area contributed by atoms with Crippen molar-refractivity contribution in [2.24, 2.45) is 5.92 Å². The lowest BCUT2D eigenvalue weighted by molar-refractivity contribution is -0.581. The van der Waals surface area contributed by atoms with Gasteiger partial charge in [0, 0.05) is 12.3 Å². The third-order valence-electron chi connectivity index (χ3n) is 3.35. The summed E-state index contributed by atoms with van der Waals surface area (Å²) in [6.45, 7) is 2.07. The highest BCUT2D eigenvalue weighted by molar-refractivity contribution is 5.74. The van der Waals surface area contributed by atoms with Crippen molar-refractivity contribution < 1.29 is 14.5 Å². The molecule has 0 saturated carbocycles. The zero-order valence-corrected chi connectivity index (χ0v) is 10.3. The van der Waals surface area contributed by atoms with E-state index in [1.165, 1.54) is 0 Å². The van der Waals surface area contributed by atoms with Gasteiger partial charge in [0.1, 0.15) is 0 Å². The first-order chi connectivity index (χ1) is 8.16. The predicted molar refractivity (Wildman–Crippen MR) is 62.5 cm³/mol. The van der Waals surface area contributed by atoms with Gasteiger partial charge in [-0.25, -0.2) is 4.79 Å². The summed E-state index contributed by atoms with van der Waals surface area (Å²) in [4.78, 5) is 13.9. The average molecular weight is 234 g/mol. The fraction of sp³-hybridized carbons (Fsp3) is 0.538. The van der Waals surface area contributed by atoms with Crippen molar-refractivity contribution >= 4 is 11.7 Å². The fourth-order valence-electron chi connectivity index (χ4n) is 2.30. The predicted octanol–water partition coefficient (Wildman–Crippen LogP) is 0.557. The van der Waals surface area contributed by atoms with E-state index in [1.807, 2.05) is 12.1 Å². The fourth-order valence-corrected chi connectivity index (χ4v) is 2.30. The molecule has 0 bridgehead atoms. The minimum atomic E-state index is -0.962. The van der Waals surface area contributed by atoms with Gasteiger partial charge in [0.25, 0.3) is 5.82 Å². The van der Waals surface area contributed by atoms with Crippen LogP contribution in [0.15, 0.2) is 24.4 Å². The summed E-state index contributed by atoms with van der Waals surface area (Å²) in [5.41, 5.74) is 0. The van der Waals surface area contributed by atoms with Crippen molar-refractivity contribution in [3.63, 3.8) is 0 Å². The monoisotopic (exact) mass is 234 g/mol. The van der Waals surface area contributed by atoms with Gasteiger partial charge in [0.15, 0.2) is 0 Å². The molecule has 0 radical (unpaired) electrons. The molecule has 0 spiro atoms. The Balaban J connectivity index is 2.33. The van der Waals surface area contributed by atoms with E-state index >= 15 is 0 Å². The van der Waals surface area contributed by atoms with Crippen LogP contribution in [-0.2, 0) is 0 Å². The van der Waals surface area contributed by atoms with E-state index in [2.05, 4.69) is 6.92 Å². The number of anilines is 1. The van der Waals surface area contributed by atoms with Crippen LogP contribution in [0.2, 0.25) is 0 Å². The molecule has 0 fully saturated rings. The number of hydrogen-bond donors (Lipinski definition) is 0. The molecular weight excluding hydrogens is 216 g/mol. The first kappa shape index (κ1) is 12.0. The van der Waals surface area contributed by atoms with Crippen molar-refractivity contribution in [2.75, 3.05) is 11.9 Å². The molecule has 1 aliphatic rings. The van der Waals surface area contributed by atoms with E-state index in [0.29, 0.717) is 12.2 Å². The number of rotatable bonds is 3. The number of nitrogens with zero attached hydrogens (tertiary/aromatic N) is 2. The maximum atomic E-state index is 12.2. The molecule has 1 aliphatic heterocycles. The molecule has 1 aromatic rings. The Kier molecular flexibility index (Phi) is 3.43. The zero-order valence-electron chi connectivity index (χ0n) is 10.3. The second-order valence-electron chi connectivity index (χ2n) is 4.52. The lowest BCUT2D eigenvalue weighted by atomic mass is 9.96. The van der Waals surface area contributed by atoms with Crippen LogP contribution in [0.25, 0.3) is 0 Å². The number of unbranched alkanes of at least 4 members (excludes halogenated alkanes) is 1. The van der Waals surface area contributed by atoms with Crippen LogP contribution in [-0.4, -0.2) is 19.2 Å². The molecule has 4 heteroatoms. The summed E-state index contributed by atoms with van der Waals surface area (Å²) in [7, 11) is 1.76. The third kappa shape index (κ3) is 2.05. The summed E-state index contributed by atoms with van der Waals surface area (Å²) >= 11 is 0. The second-order valence-corrected chi connectivity index (χ2v) is 4.52. The standard InChI is InChI=1S/C13H18N2O2/c1-3-4-7-10-12(16)14(2)11-8-5-6-9-15(11)13(10)17/h5-6,8-10,12H,3-4,7H2,1-2H3. The van der Waals surface area contributed by atoms with E-state index in [0.717, 1.165) is 12.8 Å². The Morgan fingerprint density at radius 3 is 2.94 bits per heavy atom. The Hall–Kier alpha value is -1.42. The number of aromatic nitrogens is 1. The molecule has 2 heterocycles. The molecule has 17 heavy (non-hydrogen) atoms. The van der Waals surface area contributed by atoms with E-state index in [1.54, 1.807) is 28.8 Å². The highest BCUT2D eigenvalue weighted by atomic mass is 16.3. The summed E-state index contributed by atoms with van der Waals surface area (Å²) < 4.78 is 1.59. The minimum Gasteiger partial charge on any atom is -0.817 e. The van der Waals surface area contributed by atoms with Gasteiger partial charge in [-0.3, -0.25) is 4.90 Å². The van der Waals surface area contributed by atoms with Crippen LogP contribution in [0.1, 0.15) is 31.0 Å². The Morgan fingerprint density at radius 1 is 1.47 bits per heavy atom. The molecule has 0 aromatic carbocycles. The van der Waals surface area contributed by atoms with Crippen LogP contribution in [0, 0.1) is 5.92 Å². The van der Waals surface area contributed by atoms with Gasteiger partial charge in [-0.05, 0) is 12.5 Å². The van der Waals surface area contributed by atoms with Gasteiger partial charge in [0.2, 0.25) is 0 Å². The van der Waals surface area contributed by atoms with E-state index in [9.17, 15) is 9.90 Å². The number of pyridine rings is 1. The van der Waals surface area contributed by atoms with E-state index < -0.39 is 12.1 Å². The molecule has 0 amide bonds. The van der Waals surface area contributed by atoms with Crippen LogP contribution in [0.4, 0.5) is 5.82 Å². The van der Waals surface area contributed by atoms with Gasteiger partial charge >= 0.3 is 5.91 Å². The third-order valence-corrected chi connectivity index (χ3v) is 3.35. The maximum absolute atomic E-state index is 12.2. The molecule has 2 atom stereocenters. The van der Waals surface area contributed by atoms with E-state index in [4.69, 9.17) is 0 Å². The largest absolute Gasteiger partial charge is 0.817 e. The van der Waals surface area contributed by atoms with Gasteiger partial charge in [-0.2, -0.15) is 4.57 Å². The molecule has 2 unspecified atom stereocenters. The van der Waals surface area contributed by atoms with Crippen LogP contribution < -0.4 is 14.6 Å². The zero-order chi connectivity index (χ0) is 12.4. The minimum absolute atomic E-state index is 0.0628. The van der Waals surface area contributed by atoms with Gasteiger partial charge in [-0.1, -0.05) is 25.8 Å². The maximum Gasteiger partial charge on any atom is 0.320 e. The molecule has 2 rings (SSSR count). The van der Waals surface area contributed by atoms with Gasteiger partial charge < -0.3 is 5.11 Å². The molecule has 0 aliphatic carbocycles. The second kappa shape index (κ2) is 4.84. The summed E-state index contributed by atoms with van der Waals surface area (Å²) in [5.74, 6) is 0.192. The van der Waals surface area contributed by atoms with Gasteiger partial charge in [-0.15, -0.1) is 0 Å². The lowest BCUT2D eigenvalue weighted by Crippen LogP contribution is -2.65. The summed E-state index contributed by atoms with van der Waals surface area (Å²) in [5, 5.41) is 12.2. The SMILES string of the molecule is CCCCC1C(=O)[n+]2ccccc2N(C)C1[O-]. The normalized spacial score (nSPS) is 23.7. The van der Waals surface area contributed by atoms with Crippen molar-refractivity contribution in [2.45, 2.75) is 32.4 Å². The molecule has 92 valence electrons. The van der Waals surface area contributed by atoms with Crippen LogP contribution >= 0.6 is 0 Å². The smallest absolute Gasteiger partial charge is 0.320 e. The van der Waals surface area contributed by atoms with Crippen LogP contribution in [0.3, 0.4) is 0 Å². The molecule has 0 N–H and O–H groups in total. The van der Waals surface area contributed by atoms with Gasteiger partial charge in [0.05, 0.1) is 19.2 Å². The van der Waals surface area contributed by atoms with Crippen molar-refractivity contribution in [1.29, 1.82) is 0 Å². The number of carbonyl (C=O) groups excluding carboxylic acids is 1. The highest BCUT2D eigenvalue weighted by Crippen LogP contribution is 2.22. The first-order valence-electron chi connectivity index (χ1n) is 6.10. The molecule has 0 saturated heterocycles. The number of hydrogen-bond acceptors (Lipinski definition) is 3. The highest BCUT2D eigenvalue weighted by Gasteiger charge is 2.38. The quantitative estimate of drug-likeness (QED) is 0.718. The topological polar surface area (TPSA) is 47.2 Å². The summed E-state index contributed by atoms with van der Waals surface area (Å²) in [6, 6.07) is 5.46. The Morgan fingerprint density at radius 2 is 2.24 bits per heavy atom. The first-order valence-corrected chi connectivity index (χ1v) is 6.10. The van der Waals surface area contributed by atoms with Crippen molar-refractivity contribution in [3.05, 3.63) is 24.4 Å². The Labute approximate surface area is 101 Å². The molecule has 4 nitrogen and oxygen atoms in total. The Bertz CT molecular complexity index is 420. The average Bonchev–Trinajstić information content (AvgIpc) is 2.36. The summed E-state index contributed by atoms with van der Waals surface area (Å²) in [6.07, 6.45) is 3.38. The number of fused-ring (bicyclic) bond motifs is 1. The van der Waals surface area contributed by atoms with Crippen LogP contribution in [0.5, 0.6) is 0 Å². The van der Waals surface area contributed by atoms with Crippen molar-refractivity contribution in [3.8, 4) is 0 Å². The van der Waals surface area contributed by atoms with E-state index in [-0.39, 0.29) is 5.91 Å². The molecule has 1 aromatic heterocycles. The lowest BCUT2D eigenvalue weighted by Gasteiger charge is -2.37. The van der Waals surface area contributed by atoms with Crippen molar-refractivity contribution in [1.82, 2.24) is 0 Å².